The first-order valence-corrected chi connectivity index (χ1v) is 17.4. The molecule has 3 aromatic carbocycles. The van der Waals surface area contributed by atoms with Crippen LogP contribution >= 0.6 is 11.6 Å². The average molecular weight is 800 g/mol. The Morgan fingerprint density at radius 1 is 0.893 bits per heavy atom. The molecule has 56 heavy (non-hydrogen) atoms. The lowest BCUT2D eigenvalue weighted by atomic mass is 10.1. The Bertz CT molecular complexity index is 2050. The highest BCUT2D eigenvalue weighted by atomic mass is 35.5. The third-order valence-corrected chi connectivity index (χ3v) is 8.77. The first-order valence-electron chi connectivity index (χ1n) is 17.0. The first-order chi connectivity index (χ1) is 26.7. The minimum atomic E-state index is -4.64. The molecule has 1 atom stereocenters. The van der Waals surface area contributed by atoms with Crippen LogP contribution in [0.4, 0.5) is 30.8 Å². The van der Waals surface area contributed by atoms with Gasteiger partial charge >= 0.3 is 18.2 Å². The highest BCUT2D eigenvalue weighted by Crippen LogP contribution is 2.48. The van der Waals surface area contributed by atoms with Gasteiger partial charge in [0.2, 0.25) is 17.7 Å². The van der Waals surface area contributed by atoms with Crippen molar-refractivity contribution >= 4 is 52.8 Å². The number of carbonyl (C=O) groups excluding carboxylic acids is 4. The summed E-state index contributed by atoms with van der Waals surface area (Å²) in [6, 6.07) is 16.0. The lowest BCUT2D eigenvalue weighted by molar-refractivity contribution is -0.154. The largest absolute Gasteiger partial charge is 0.497 e. The van der Waals surface area contributed by atoms with Crippen molar-refractivity contribution in [3.05, 3.63) is 88.4 Å². The number of ketones is 1. The molecule has 1 saturated carbocycles. The Labute approximate surface area is 323 Å². The molecule has 2 amide bonds. The van der Waals surface area contributed by atoms with Crippen molar-refractivity contribution in [1.82, 2.24) is 25.6 Å². The van der Waals surface area contributed by atoms with Gasteiger partial charge in [0, 0.05) is 40.9 Å². The highest BCUT2D eigenvalue weighted by Gasteiger charge is 2.45. The minimum Gasteiger partial charge on any atom is -0.497 e. The van der Waals surface area contributed by atoms with E-state index in [0.717, 1.165) is 12.7 Å². The predicted octanol–water partition coefficient (Wildman–Crippen LogP) is 5.27. The van der Waals surface area contributed by atoms with Crippen LogP contribution in [0, 0.1) is 0 Å². The van der Waals surface area contributed by atoms with Gasteiger partial charge in [0.15, 0.2) is 6.61 Å². The van der Waals surface area contributed by atoms with E-state index in [2.05, 4.69) is 36.2 Å². The number of hydrogen-bond donors (Lipinski definition) is 4. The summed E-state index contributed by atoms with van der Waals surface area (Å²) < 4.78 is 59.0. The number of methoxy groups -OCH3 is 3. The lowest BCUT2D eigenvalue weighted by Gasteiger charge is -2.19. The summed E-state index contributed by atoms with van der Waals surface area (Å²) in [4.78, 5) is 63.1. The van der Waals surface area contributed by atoms with Gasteiger partial charge < -0.3 is 40.2 Å². The number of benzene rings is 3. The zero-order valence-electron chi connectivity index (χ0n) is 30.3. The van der Waals surface area contributed by atoms with E-state index < -0.39 is 53.9 Å². The number of ether oxygens (including phenoxy) is 4. The van der Waals surface area contributed by atoms with E-state index in [1.807, 2.05) is 12.1 Å². The molecule has 15 nitrogen and oxygen atoms in total. The van der Waals surface area contributed by atoms with Gasteiger partial charge in [-0.2, -0.15) is 28.1 Å². The summed E-state index contributed by atoms with van der Waals surface area (Å²) in [5, 5.41) is 11.6. The topological polar surface area (TPSA) is 192 Å². The van der Waals surface area contributed by atoms with Gasteiger partial charge in [-0.05, 0) is 73.4 Å². The van der Waals surface area contributed by atoms with Crippen LogP contribution in [0.25, 0.3) is 0 Å². The van der Waals surface area contributed by atoms with Crippen molar-refractivity contribution in [2.24, 2.45) is 0 Å². The van der Waals surface area contributed by atoms with Crippen LogP contribution in [0.15, 0.2) is 66.7 Å². The molecule has 4 aromatic rings. The number of esters is 1. The fourth-order valence-electron chi connectivity index (χ4n) is 5.40. The summed E-state index contributed by atoms with van der Waals surface area (Å²) >= 11 is 6.03. The van der Waals surface area contributed by atoms with Gasteiger partial charge in [0.05, 0.1) is 26.9 Å². The predicted molar refractivity (Wildman–Crippen MR) is 196 cm³/mol. The normalized spacial score (nSPS) is 13.4. The quantitative estimate of drug-likeness (QED) is 0.0753. The summed E-state index contributed by atoms with van der Waals surface area (Å²) in [7, 11) is 4.06. The number of halogens is 4. The Kier molecular flexibility index (Phi) is 13.2. The molecule has 0 spiro atoms. The van der Waals surface area contributed by atoms with Gasteiger partial charge in [-0.25, -0.2) is 4.79 Å². The summed E-state index contributed by atoms with van der Waals surface area (Å²) in [5.41, 5.74) is 1.37. The number of hydrogen-bond acceptors (Lipinski definition) is 13. The molecule has 19 heteroatoms. The van der Waals surface area contributed by atoms with Crippen LogP contribution in [0.2, 0.25) is 5.02 Å². The SMILES string of the molecule is COC(=O)[C@H](CCC(=O)C(=O)NCc1ccc(OC)cc1OC)NC(=O)c1ccc(Nc2nc(NC3(c4ccc(Cl)cc4)CC3)nc(OCC(F)(F)F)n2)cc1. The summed E-state index contributed by atoms with van der Waals surface area (Å²) in [6.45, 7) is -1.64. The van der Waals surface area contributed by atoms with Gasteiger partial charge in [-0.3, -0.25) is 14.4 Å². The van der Waals surface area contributed by atoms with E-state index in [9.17, 15) is 32.3 Å². The molecule has 1 aliphatic carbocycles. The number of carbonyl (C=O) groups is 4. The molecule has 1 aliphatic rings. The number of aromatic nitrogens is 3. The minimum absolute atomic E-state index is 0.0108. The van der Waals surface area contributed by atoms with E-state index in [-0.39, 0.29) is 36.8 Å². The zero-order chi connectivity index (χ0) is 40.5. The van der Waals surface area contributed by atoms with Crippen LogP contribution in [0.1, 0.15) is 47.2 Å². The fraction of sp³-hybridized carbons (Fsp3) is 0.324. The maximum atomic E-state index is 13.1. The molecule has 1 aromatic heterocycles. The van der Waals surface area contributed by atoms with Crippen molar-refractivity contribution in [1.29, 1.82) is 0 Å². The van der Waals surface area contributed by atoms with E-state index in [1.165, 1.54) is 38.5 Å². The van der Waals surface area contributed by atoms with Crippen LogP contribution in [0.5, 0.6) is 17.5 Å². The molecule has 5 rings (SSSR count). The highest BCUT2D eigenvalue weighted by molar-refractivity contribution is 6.36. The van der Waals surface area contributed by atoms with Crippen molar-refractivity contribution in [3.63, 3.8) is 0 Å². The maximum Gasteiger partial charge on any atom is 0.422 e. The Morgan fingerprint density at radius 2 is 1.59 bits per heavy atom. The van der Waals surface area contributed by atoms with Gasteiger partial charge in [-0.15, -0.1) is 0 Å². The Morgan fingerprint density at radius 3 is 2.21 bits per heavy atom. The average Bonchev–Trinajstić information content (AvgIpc) is 3.97. The number of anilines is 3. The van der Waals surface area contributed by atoms with Crippen LogP contribution in [-0.2, 0) is 31.2 Å². The number of rotatable bonds is 18. The Hall–Kier alpha value is -6.17. The lowest BCUT2D eigenvalue weighted by Crippen LogP contribution is -2.42. The van der Waals surface area contributed by atoms with Crippen LogP contribution < -0.4 is 35.5 Å². The van der Waals surface area contributed by atoms with Crippen molar-refractivity contribution in [3.8, 4) is 17.5 Å². The molecule has 1 fully saturated rings. The van der Waals surface area contributed by atoms with Crippen LogP contribution in [0.3, 0.4) is 0 Å². The molecule has 0 radical (unpaired) electrons. The number of Topliss-reactive ketones (excluding diaryl/α,β-unsaturated/α-hetero) is 1. The zero-order valence-corrected chi connectivity index (χ0v) is 31.0. The second kappa shape index (κ2) is 18.0. The Balaban J connectivity index is 1.21. The molecule has 0 aliphatic heterocycles. The fourth-order valence-corrected chi connectivity index (χ4v) is 5.53. The van der Waals surface area contributed by atoms with Gasteiger partial charge in [0.1, 0.15) is 17.5 Å². The summed E-state index contributed by atoms with van der Waals surface area (Å²) in [5.74, 6) is -2.43. The third kappa shape index (κ3) is 11.2. The molecule has 4 N–H and O–H groups in total. The van der Waals surface area contributed by atoms with Crippen molar-refractivity contribution in [2.45, 2.75) is 50.0 Å². The number of nitrogens with zero attached hydrogens (tertiary/aromatic N) is 3. The van der Waals surface area contributed by atoms with Crippen molar-refractivity contribution in [2.75, 3.05) is 38.6 Å². The second-order valence-electron chi connectivity index (χ2n) is 12.5. The number of amides is 2. The van der Waals surface area contributed by atoms with E-state index in [1.54, 1.807) is 30.3 Å². The van der Waals surface area contributed by atoms with Gasteiger partial charge in [0.25, 0.3) is 11.8 Å². The molecular weight excluding hydrogens is 763 g/mol. The molecule has 0 unspecified atom stereocenters. The molecule has 296 valence electrons. The van der Waals surface area contributed by atoms with E-state index in [4.69, 9.17) is 30.5 Å². The monoisotopic (exact) mass is 799 g/mol. The van der Waals surface area contributed by atoms with E-state index in [0.29, 0.717) is 40.6 Å². The number of alkyl halides is 3. The third-order valence-electron chi connectivity index (χ3n) is 8.52. The second-order valence-corrected chi connectivity index (χ2v) is 12.9. The van der Waals surface area contributed by atoms with Gasteiger partial charge in [-0.1, -0.05) is 23.7 Å². The van der Waals surface area contributed by atoms with Crippen LogP contribution in [-0.4, -0.2) is 78.7 Å². The molecule has 0 bridgehead atoms. The maximum absolute atomic E-state index is 13.1. The molecular formula is C37H37ClF3N7O8. The van der Waals surface area contributed by atoms with Crippen molar-refractivity contribution < 1.29 is 51.3 Å². The summed E-state index contributed by atoms with van der Waals surface area (Å²) in [6.07, 6.45) is -3.85. The standard InChI is InChI=1S/C37H37ClF3N7O8/c1-53-26-13-6-22(29(18-26)54-2)19-42-31(51)28(49)15-14-27(32(52)55-3)44-30(50)21-4-11-25(12-5-21)43-33-45-34(47-35(46-33)56-20-37(39,40)41)48-36(16-17-36)23-7-9-24(38)10-8-23/h4-13,18,27H,14-17,19-20H2,1-3H3,(H,42,51)(H,44,50)(H2,43,45,46,47,48)/t27-/m0/s1. The molecule has 0 saturated heterocycles. The number of nitrogens with one attached hydrogen (secondary N) is 4. The smallest absolute Gasteiger partial charge is 0.422 e. The molecule has 1 heterocycles. The first kappa shape index (κ1) is 41.0. The van der Waals surface area contributed by atoms with E-state index >= 15 is 0 Å².